The van der Waals surface area contributed by atoms with E-state index in [9.17, 15) is 0 Å². The van der Waals surface area contributed by atoms with Crippen LogP contribution in [0.2, 0.25) is 0 Å². The first-order valence-corrected chi connectivity index (χ1v) is 8.65. The highest BCUT2D eigenvalue weighted by atomic mass is 16.5. The topological polar surface area (TPSA) is 9.23 Å². The molecular weight excluding hydrogens is 256 g/mol. The summed E-state index contributed by atoms with van der Waals surface area (Å²) >= 11 is 0. The molecule has 0 radical (unpaired) electrons. The number of rotatable bonds is 12. The number of benzene rings is 1. The highest BCUT2D eigenvalue weighted by molar-refractivity contribution is 5.13. The second kappa shape index (κ2) is 12.5. The molecule has 0 N–H and O–H groups in total. The Labute approximate surface area is 131 Å². The highest BCUT2D eigenvalue weighted by Crippen LogP contribution is 2.13. The monoisotopic (exact) mass is 288 g/mol. The van der Waals surface area contributed by atoms with Gasteiger partial charge in [0.15, 0.2) is 0 Å². The van der Waals surface area contributed by atoms with Gasteiger partial charge in [-0.05, 0) is 24.0 Å². The fourth-order valence-electron chi connectivity index (χ4n) is 2.43. The summed E-state index contributed by atoms with van der Waals surface area (Å²) in [6.45, 7) is 5.22. The summed E-state index contributed by atoms with van der Waals surface area (Å²) in [5.41, 5.74) is 1.22. The summed E-state index contributed by atoms with van der Waals surface area (Å²) in [6, 6.07) is 10.3. The van der Waals surface area contributed by atoms with Crippen LogP contribution in [0.1, 0.15) is 70.8 Å². The molecular formula is C20H32O. The van der Waals surface area contributed by atoms with Crippen LogP contribution in [0.4, 0.5) is 0 Å². The predicted octanol–water partition coefficient (Wildman–Crippen LogP) is 6.49. The summed E-state index contributed by atoms with van der Waals surface area (Å²) in [6.07, 6.45) is 15.0. The summed E-state index contributed by atoms with van der Waals surface area (Å²) in [7, 11) is 0. The standard InChI is InChI=1S/C20H32O/c1-3-4-5-6-7-8-10-13-19(2)16-17-21-18-20-14-11-9-12-15-20/h9,11-12,14-17,19H,3-8,10,13,18H2,1-2H3. The van der Waals surface area contributed by atoms with Gasteiger partial charge in [-0.2, -0.15) is 0 Å². The van der Waals surface area contributed by atoms with Crippen molar-refractivity contribution in [3.8, 4) is 0 Å². The molecule has 1 aromatic rings. The maximum Gasteiger partial charge on any atom is 0.112 e. The van der Waals surface area contributed by atoms with Gasteiger partial charge in [-0.3, -0.25) is 0 Å². The molecule has 0 aliphatic carbocycles. The van der Waals surface area contributed by atoms with Crippen LogP contribution >= 0.6 is 0 Å². The Kier molecular flexibility index (Phi) is 10.6. The lowest BCUT2D eigenvalue weighted by atomic mass is 10.0. The van der Waals surface area contributed by atoms with E-state index in [2.05, 4.69) is 32.1 Å². The molecule has 0 saturated carbocycles. The van der Waals surface area contributed by atoms with Crippen molar-refractivity contribution in [3.05, 3.63) is 48.2 Å². The van der Waals surface area contributed by atoms with Gasteiger partial charge in [0.1, 0.15) is 6.61 Å². The number of unbranched alkanes of at least 4 members (excludes halogenated alkanes) is 6. The average Bonchev–Trinajstić information content (AvgIpc) is 2.52. The molecule has 0 heterocycles. The van der Waals surface area contributed by atoms with E-state index < -0.39 is 0 Å². The molecule has 21 heavy (non-hydrogen) atoms. The number of hydrogen-bond acceptors (Lipinski definition) is 1. The lowest BCUT2D eigenvalue weighted by molar-refractivity contribution is 0.234. The Bertz CT molecular complexity index is 355. The SMILES string of the molecule is CCCCCCCCCC(C)C=COCc1ccccc1. The lowest BCUT2D eigenvalue weighted by Gasteiger charge is -2.06. The van der Waals surface area contributed by atoms with Gasteiger partial charge < -0.3 is 4.74 Å². The van der Waals surface area contributed by atoms with Gasteiger partial charge >= 0.3 is 0 Å². The molecule has 1 aromatic carbocycles. The predicted molar refractivity (Wildman–Crippen MR) is 92.1 cm³/mol. The van der Waals surface area contributed by atoms with Crippen molar-refractivity contribution in [3.63, 3.8) is 0 Å². The molecule has 1 heteroatoms. The van der Waals surface area contributed by atoms with Crippen molar-refractivity contribution in [2.75, 3.05) is 0 Å². The number of allylic oxidation sites excluding steroid dienone is 1. The summed E-state index contributed by atoms with van der Waals surface area (Å²) in [5, 5.41) is 0. The Morgan fingerprint density at radius 1 is 0.952 bits per heavy atom. The molecule has 0 fully saturated rings. The van der Waals surface area contributed by atoms with Gasteiger partial charge in [0.05, 0.1) is 6.26 Å². The second-order valence-corrected chi connectivity index (χ2v) is 6.01. The Hall–Kier alpha value is -1.24. The minimum Gasteiger partial charge on any atom is -0.497 e. The van der Waals surface area contributed by atoms with E-state index in [-0.39, 0.29) is 0 Å². The molecule has 1 rings (SSSR count). The first-order valence-electron chi connectivity index (χ1n) is 8.65. The van der Waals surface area contributed by atoms with Crippen LogP contribution in [-0.4, -0.2) is 0 Å². The molecule has 1 nitrogen and oxygen atoms in total. The van der Waals surface area contributed by atoms with Gasteiger partial charge in [-0.15, -0.1) is 0 Å². The summed E-state index contributed by atoms with van der Waals surface area (Å²) in [5.74, 6) is 0.622. The average molecular weight is 288 g/mol. The van der Waals surface area contributed by atoms with Crippen molar-refractivity contribution in [2.45, 2.75) is 71.8 Å². The Balaban J connectivity index is 1.97. The van der Waals surface area contributed by atoms with E-state index in [1.807, 2.05) is 24.5 Å². The minimum absolute atomic E-state index is 0.622. The van der Waals surface area contributed by atoms with E-state index in [0.29, 0.717) is 12.5 Å². The first-order chi connectivity index (χ1) is 10.3. The van der Waals surface area contributed by atoms with Crippen LogP contribution in [0, 0.1) is 5.92 Å². The molecule has 1 atom stereocenters. The maximum atomic E-state index is 5.58. The first kappa shape index (κ1) is 17.8. The van der Waals surface area contributed by atoms with Gasteiger partial charge in [0.2, 0.25) is 0 Å². The van der Waals surface area contributed by atoms with Gasteiger partial charge in [-0.1, -0.05) is 89.1 Å². The van der Waals surface area contributed by atoms with Crippen molar-refractivity contribution in [2.24, 2.45) is 5.92 Å². The number of hydrogen-bond donors (Lipinski definition) is 0. The quantitative estimate of drug-likeness (QED) is 0.315. The normalized spacial score (nSPS) is 12.7. The van der Waals surface area contributed by atoms with Crippen LogP contribution in [0.25, 0.3) is 0 Å². The molecule has 0 aliphatic heterocycles. The zero-order valence-electron chi connectivity index (χ0n) is 13.9. The van der Waals surface area contributed by atoms with E-state index in [0.717, 1.165) is 0 Å². The van der Waals surface area contributed by atoms with Gasteiger partial charge in [0, 0.05) is 0 Å². The molecule has 0 bridgehead atoms. The van der Waals surface area contributed by atoms with Crippen molar-refractivity contribution < 1.29 is 4.74 Å². The molecule has 0 saturated heterocycles. The highest BCUT2D eigenvalue weighted by Gasteiger charge is 1.98. The van der Waals surface area contributed by atoms with Crippen LogP contribution in [-0.2, 0) is 11.3 Å². The van der Waals surface area contributed by atoms with Crippen LogP contribution in [0.5, 0.6) is 0 Å². The van der Waals surface area contributed by atoms with Crippen molar-refractivity contribution in [1.82, 2.24) is 0 Å². The maximum absolute atomic E-state index is 5.58. The molecule has 0 spiro atoms. The van der Waals surface area contributed by atoms with E-state index >= 15 is 0 Å². The minimum atomic E-state index is 0.622. The summed E-state index contributed by atoms with van der Waals surface area (Å²) in [4.78, 5) is 0. The van der Waals surface area contributed by atoms with Crippen molar-refractivity contribution >= 4 is 0 Å². The molecule has 0 amide bonds. The zero-order valence-corrected chi connectivity index (χ0v) is 13.9. The molecule has 0 aromatic heterocycles. The number of ether oxygens (including phenoxy) is 1. The zero-order chi connectivity index (χ0) is 15.2. The van der Waals surface area contributed by atoms with Crippen LogP contribution < -0.4 is 0 Å². The third-order valence-corrected chi connectivity index (χ3v) is 3.86. The smallest absolute Gasteiger partial charge is 0.112 e. The van der Waals surface area contributed by atoms with Crippen LogP contribution in [0.15, 0.2) is 42.7 Å². The van der Waals surface area contributed by atoms with E-state index in [1.165, 1.54) is 56.9 Å². The molecule has 1 unspecified atom stereocenters. The van der Waals surface area contributed by atoms with Gasteiger partial charge in [0.25, 0.3) is 0 Å². The van der Waals surface area contributed by atoms with E-state index in [4.69, 9.17) is 4.74 Å². The molecule has 118 valence electrons. The molecule has 0 aliphatic rings. The van der Waals surface area contributed by atoms with E-state index in [1.54, 1.807) is 0 Å². The Morgan fingerprint density at radius 2 is 1.62 bits per heavy atom. The summed E-state index contributed by atoms with van der Waals surface area (Å²) < 4.78 is 5.58. The fraction of sp³-hybridized carbons (Fsp3) is 0.600. The lowest BCUT2D eigenvalue weighted by Crippen LogP contribution is -1.91. The second-order valence-electron chi connectivity index (χ2n) is 6.01. The third-order valence-electron chi connectivity index (χ3n) is 3.86. The largest absolute Gasteiger partial charge is 0.497 e. The third kappa shape index (κ3) is 10.2. The van der Waals surface area contributed by atoms with Gasteiger partial charge in [-0.25, -0.2) is 0 Å². The Morgan fingerprint density at radius 3 is 2.33 bits per heavy atom. The van der Waals surface area contributed by atoms with Crippen molar-refractivity contribution in [1.29, 1.82) is 0 Å². The van der Waals surface area contributed by atoms with Crippen LogP contribution in [0.3, 0.4) is 0 Å². The fourth-order valence-corrected chi connectivity index (χ4v) is 2.43.